The number of hydrogen-bond donors (Lipinski definition) is 1. The van der Waals surface area contributed by atoms with E-state index in [2.05, 4.69) is 10.2 Å². The molecule has 142 valence electrons. The Morgan fingerprint density at radius 3 is 2.57 bits per heavy atom. The van der Waals surface area contributed by atoms with Crippen LogP contribution in [0.1, 0.15) is 15.9 Å². The Morgan fingerprint density at radius 2 is 1.96 bits per heavy atom. The molecule has 1 amide bonds. The van der Waals surface area contributed by atoms with Gasteiger partial charge in [-0.1, -0.05) is 41.7 Å². The highest BCUT2D eigenvalue weighted by molar-refractivity contribution is 8.25. The molecule has 11 heteroatoms. The minimum atomic E-state index is -1.39. The van der Waals surface area contributed by atoms with Crippen LogP contribution in [0.5, 0.6) is 0 Å². The molecule has 3 rings (SSSR count). The maximum Gasteiger partial charge on any atom is 0.338 e. The van der Waals surface area contributed by atoms with E-state index in [0.717, 1.165) is 29.5 Å². The Hall–Kier alpha value is -3.18. The number of carboxylic acids is 1. The molecule has 1 heterocycles. The maximum atomic E-state index is 12.6. The largest absolute Gasteiger partial charge is 0.478 e. The lowest BCUT2D eigenvalue weighted by atomic mass is 10.1. The van der Waals surface area contributed by atoms with Gasteiger partial charge in [-0.25, -0.2) is 4.79 Å². The van der Waals surface area contributed by atoms with Crippen molar-refractivity contribution in [2.45, 2.75) is 12.3 Å². The third kappa shape index (κ3) is 3.89. The number of benzene rings is 2. The monoisotopic (exact) mass is 416 g/mol. The van der Waals surface area contributed by atoms with Crippen LogP contribution in [0.15, 0.2) is 52.7 Å². The van der Waals surface area contributed by atoms with Gasteiger partial charge in [0.15, 0.2) is 0 Å². The Kier molecular flexibility index (Phi) is 5.47. The first-order valence-electron chi connectivity index (χ1n) is 7.82. The molecule has 0 aliphatic carbocycles. The van der Waals surface area contributed by atoms with Gasteiger partial charge in [0.25, 0.3) is 11.6 Å². The number of nitro benzene ring substituents is 1. The van der Waals surface area contributed by atoms with Crippen molar-refractivity contribution in [1.29, 1.82) is 0 Å². The SMILES string of the molecule is Cc1ccc(N2C(=O)C(N=Nc3ccc([N+](=O)[O-])cc3C(=O)O)SC2=S)cc1. The fraction of sp³-hybridized carbons (Fsp3) is 0.118. The minimum absolute atomic E-state index is 0.0915. The number of azo groups is 1. The molecule has 0 saturated carbocycles. The summed E-state index contributed by atoms with van der Waals surface area (Å²) in [7, 11) is 0. The number of amides is 1. The van der Waals surface area contributed by atoms with Crippen molar-refractivity contribution in [3.05, 3.63) is 63.7 Å². The fourth-order valence-electron chi connectivity index (χ4n) is 2.41. The first-order chi connectivity index (χ1) is 13.3. The second-order valence-corrected chi connectivity index (χ2v) is 7.44. The van der Waals surface area contributed by atoms with Crippen LogP contribution in [0.25, 0.3) is 0 Å². The summed E-state index contributed by atoms with van der Waals surface area (Å²) in [6.45, 7) is 1.92. The van der Waals surface area contributed by atoms with E-state index in [9.17, 15) is 24.8 Å². The molecule has 0 bridgehead atoms. The number of thioether (sulfide) groups is 1. The number of carbonyl (C=O) groups is 2. The second kappa shape index (κ2) is 7.82. The first-order valence-corrected chi connectivity index (χ1v) is 9.10. The molecule has 1 atom stereocenters. The average Bonchev–Trinajstić information content (AvgIpc) is 2.94. The molecule has 2 aromatic carbocycles. The van der Waals surface area contributed by atoms with E-state index in [1.165, 1.54) is 11.0 Å². The Morgan fingerprint density at radius 1 is 1.29 bits per heavy atom. The van der Waals surface area contributed by atoms with E-state index in [0.29, 0.717) is 10.0 Å². The van der Waals surface area contributed by atoms with Gasteiger partial charge in [0.1, 0.15) is 10.0 Å². The molecule has 1 fully saturated rings. The molecule has 0 spiro atoms. The lowest BCUT2D eigenvalue weighted by Crippen LogP contribution is -2.30. The molecule has 1 unspecified atom stereocenters. The highest BCUT2D eigenvalue weighted by atomic mass is 32.2. The molecule has 1 aliphatic heterocycles. The van der Waals surface area contributed by atoms with Crippen LogP contribution in [0.3, 0.4) is 0 Å². The van der Waals surface area contributed by atoms with Crippen LogP contribution < -0.4 is 4.90 Å². The summed E-state index contributed by atoms with van der Waals surface area (Å²) in [6, 6.07) is 10.4. The van der Waals surface area contributed by atoms with Gasteiger partial charge in [-0.15, -0.1) is 0 Å². The second-order valence-electron chi connectivity index (χ2n) is 5.72. The van der Waals surface area contributed by atoms with Crippen LogP contribution in [-0.2, 0) is 4.79 Å². The lowest BCUT2D eigenvalue weighted by Gasteiger charge is -2.14. The van der Waals surface area contributed by atoms with Crippen molar-refractivity contribution < 1.29 is 19.6 Å². The van der Waals surface area contributed by atoms with Gasteiger partial charge in [0, 0.05) is 12.1 Å². The van der Waals surface area contributed by atoms with Crippen molar-refractivity contribution in [2.24, 2.45) is 10.2 Å². The standard InChI is InChI=1S/C17H12N4O5S2/c1-9-2-4-10(5-3-9)20-15(22)14(28-17(20)27)19-18-13-7-6-11(21(25)26)8-12(13)16(23)24/h2-8,14H,1H3,(H,23,24). The number of anilines is 1. The minimum Gasteiger partial charge on any atom is -0.478 e. The number of nitro groups is 1. The van der Waals surface area contributed by atoms with Crippen LogP contribution in [0.2, 0.25) is 0 Å². The highest BCUT2D eigenvalue weighted by Crippen LogP contribution is 2.34. The molecule has 28 heavy (non-hydrogen) atoms. The van der Waals surface area contributed by atoms with Gasteiger partial charge in [0.05, 0.1) is 16.2 Å². The zero-order valence-corrected chi connectivity index (χ0v) is 15.9. The summed E-state index contributed by atoms with van der Waals surface area (Å²) in [5, 5.41) is 26.8. The number of carboxylic acid groups (broad SMARTS) is 1. The van der Waals surface area contributed by atoms with Crippen LogP contribution in [0.4, 0.5) is 17.1 Å². The fourth-order valence-corrected chi connectivity index (χ4v) is 3.67. The summed E-state index contributed by atoms with van der Waals surface area (Å²) in [4.78, 5) is 35.4. The van der Waals surface area contributed by atoms with Gasteiger partial charge >= 0.3 is 5.97 Å². The summed E-state index contributed by atoms with van der Waals surface area (Å²) in [5.41, 5.74) is 0.781. The Bertz CT molecular complexity index is 1020. The lowest BCUT2D eigenvalue weighted by molar-refractivity contribution is -0.384. The van der Waals surface area contributed by atoms with Gasteiger partial charge in [0.2, 0.25) is 5.37 Å². The Balaban J connectivity index is 1.86. The normalized spacial score (nSPS) is 16.8. The van der Waals surface area contributed by atoms with E-state index >= 15 is 0 Å². The zero-order chi connectivity index (χ0) is 20.4. The molecule has 2 aromatic rings. The Labute approximate surface area is 168 Å². The molecule has 9 nitrogen and oxygen atoms in total. The number of thiocarbonyl (C=S) groups is 1. The molecule has 1 aliphatic rings. The zero-order valence-electron chi connectivity index (χ0n) is 14.3. The summed E-state index contributed by atoms with van der Waals surface area (Å²) in [6.07, 6.45) is 0. The predicted molar refractivity (Wildman–Crippen MR) is 107 cm³/mol. The van der Waals surface area contributed by atoms with Crippen molar-refractivity contribution in [3.63, 3.8) is 0 Å². The third-order valence-corrected chi connectivity index (χ3v) is 5.19. The predicted octanol–water partition coefficient (Wildman–Crippen LogP) is 4.08. The number of nitrogens with zero attached hydrogens (tertiary/aromatic N) is 4. The molecule has 0 radical (unpaired) electrons. The summed E-state index contributed by atoms with van der Waals surface area (Å²) < 4.78 is 0.306. The third-order valence-electron chi connectivity index (χ3n) is 3.81. The van der Waals surface area contributed by atoms with Crippen molar-refractivity contribution in [1.82, 2.24) is 0 Å². The van der Waals surface area contributed by atoms with Crippen molar-refractivity contribution >= 4 is 57.2 Å². The van der Waals surface area contributed by atoms with Crippen LogP contribution >= 0.6 is 24.0 Å². The average molecular weight is 416 g/mol. The summed E-state index contributed by atoms with van der Waals surface area (Å²) in [5.74, 6) is -1.79. The summed E-state index contributed by atoms with van der Waals surface area (Å²) >= 11 is 6.26. The number of rotatable bonds is 5. The van der Waals surface area contributed by atoms with Crippen LogP contribution in [-0.4, -0.2) is 31.6 Å². The quantitative estimate of drug-likeness (QED) is 0.337. The smallest absolute Gasteiger partial charge is 0.338 e. The van der Waals surface area contributed by atoms with Gasteiger partial charge < -0.3 is 5.11 Å². The van der Waals surface area contributed by atoms with Gasteiger partial charge in [-0.3, -0.25) is 19.8 Å². The van der Waals surface area contributed by atoms with Crippen LogP contribution in [0, 0.1) is 17.0 Å². The highest BCUT2D eigenvalue weighted by Gasteiger charge is 2.38. The molecule has 0 aromatic heterocycles. The van der Waals surface area contributed by atoms with E-state index in [-0.39, 0.29) is 16.9 Å². The van der Waals surface area contributed by atoms with Gasteiger partial charge in [-0.05, 0) is 25.1 Å². The van der Waals surface area contributed by atoms with E-state index < -0.39 is 22.2 Å². The van der Waals surface area contributed by atoms with Crippen molar-refractivity contribution in [3.8, 4) is 0 Å². The number of non-ortho nitro benzene ring substituents is 1. The number of aryl methyl sites for hydroxylation is 1. The molecule has 1 N–H and O–H groups in total. The topological polar surface area (TPSA) is 125 Å². The molecular formula is C17H12N4O5S2. The van der Waals surface area contributed by atoms with E-state index in [1.54, 1.807) is 12.1 Å². The van der Waals surface area contributed by atoms with E-state index in [1.807, 2.05) is 19.1 Å². The number of aromatic carboxylic acids is 1. The molecular weight excluding hydrogens is 404 g/mol. The first kappa shape index (κ1) is 19.6. The number of carbonyl (C=O) groups excluding carboxylic acids is 1. The maximum absolute atomic E-state index is 12.6. The number of hydrogen-bond acceptors (Lipinski definition) is 8. The van der Waals surface area contributed by atoms with Crippen molar-refractivity contribution in [2.75, 3.05) is 4.90 Å². The molecule has 1 saturated heterocycles. The van der Waals surface area contributed by atoms with Gasteiger partial charge in [-0.2, -0.15) is 10.2 Å². The van der Waals surface area contributed by atoms with E-state index in [4.69, 9.17) is 12.2 Å².